The van der Waals surface area contributed by atoms with Crippen LogP contribution in [0, 0.1) is 0 Å². The van der Waals surface area contributed by atoms with Gasteiger partial charge in [0.15, 0.2) is 5.82 Å². The summed E-state index contributed by atoms with van der Waals surface area (Å²) in [4.78, 5) is 14.6. The number of benzene rings is 1. The van der Waals surface area contributed by atoms with Gasteiger partial charge in [-0.15, -0.1) is 0 Å². The van der Waals surface area contributed by atoms with Crippen LogP contribution in [0.1, 0.15) is 29.2 Å². The van der Waals surface area contributed by atoms with E-state index in [4.69, 9.17) is 4.98 Å². The van der Waals surface area contributed by atoms with Crippen LogP contribution < -0.4 is 10.6 Å². The van der Waals surface area contributed by atoms with Gasteiger partial charge < -0.3 is 20.5 Å². The lowest BCUT2D eigenvalue weighted by atomic mass is 10.0. The zero-order valence-electron chi connectivity index (χ0n) is 18.2. The predicted octanol–water partition coefficient (Wildman–Crippen LogP) is 3.81. The number of hydrogen-bond donors (Lipinski definition) is 4. The Hall–Kier alpha value is -3.46. The van der Waals surface area contributed by atoms with Crippen molar-refractivity contribution >= 4 is 28.5 Å². The number of anilines is 3. The smallest absolute Gasteiger partial charge is 0.224 e. The molecule has 1 aliphatic rings. The summed E-state index contributed by atoms with van der Waals surface area (Å²) in [5.41, 5.74) is 4.06. The molecule has 32 heavy (non-hydrogen) atoms. The Labute approximate surface area is 185 Å². The van der Waals surface area contributed by atoms with Gasteiger partial charge in [0.2, 0.25) is 5.95 Å². The number of aromatic amines is 2. The molecule has 8 nitrogen and oxygen atoms in total. The summed E-state index contributed by atoms with van der Waals surface area (Å²) in [5.74, 6) is 1.79. The molecule has 4 N–H and O–H groups in total. The first-order chi connectivity index (χ1) is 15.6. The van der Waals surface area contributed by atoms with E-state index >= 15 is 0 Å². The van der Waals surface area contributed by atoms with E-state index < -0.39 is 6.17 Å². The Kier molecular flexibility index (Phi) is 5.48. The molecule has 0 spiro atoms. The molecule has 2 atom stereocenters. The predicted molar refractivity (Wildman–Crippen MR) is 124 cm³/mol. The van der Waals surface area contributed by atoms with E-state index in [2.05, 4.69) is 53.9 Å². The number of nitrogens with zero attached hydrogens (tertiary/aromatic N) is 4. The summed E-state index contributed by atoms with van der Waals surface area (Å²) in [7, 11) is 4.05. The van der Waals surface area contributed by atoms with Crippen molar-refractivity contribution < 1.29 is 4.39 Å². The van der Waals surface area contributed by atoms with E-state index in [1.807, 2.05) is 38.6 Å². The van der Waals surface area contributed by atoms with Crippen molar-refractivity contribution in [1.29, 1.82) is 0 Å². The molecule has 1 aromatic carbocycles. The molecule has 3 heterocycles. The highest BCUT2D eigenvalue weighted by Gasteiger charge is 2.40. The Balaban J connectivity index is 1.42. The number of nitrogens with one attached hydrogen (secondary N) is 4. The van der Waals surface area contributed by atoms with Crippen molar-refractivity contribution in [2.24, 2.45) is 0 Å². The van der Waals surface area contributed by atoms with Crippen molar-refractivity contribution in [1.82, 2.24) is 30.0 Å². The van der Waals surface area contributed by atoms with Gasteiger partial charge in [-0.05, 0) is 38.2 Å². The number of hydrogen-bond acceptors (Lipinski definition) is 6. The fourth-order valence-corrected chi connectivity index (χ4v) is 3.83. The highest BCUT2D eigenvalue weighted by atomic mass is 19.1. The average molecular weight is 435 g/mol. The van der Waals surface area contributed by atoms with E-state index in [0.717, 1.165) is 29.9 Å². The Morgan fingerprint density at radius 3 is 2.91 bits per heavy atom. The molecule has 3 aromatic heterocycles. The molecule has 9 heteroatoms. The molecule has 0 bridgehead atoms. The number of halogens is 1. The van der Waals surface area contributed by atoms with Gasteiger partial charge in [0.05, 0.1) is 0 Å². The number of H-pyrrole nitrogens is 2. The van der Waals surface area contributed by atoms with Crippen LogP contribution in [-0.4, -0.2) is 63.4 Å². The summed E-state index contributed by atoms with van der Waals surface area (Å²) in [6, 6.07) is 10.2. The van der Waals surface area contributed by atoms with Gasteiger partial charge in [0.1, 0.15) is 12.0 Å². The maximum Gasteiger partial charge on any atom is 0.224 e. The molecule has 1 fully saturated rings. The van der Waals surface area contributed by atoms with Gasteiger partial charge in [-0.2, -0.15) is 10.1 Å². The molecular weight excluding hydrogens is 407 g/mol. The minimum Gasteiger partial charge on any atom is -0.361 e. The van der Waals surface area contributed by atoms with E-state index in [-0.39, 0.29) is 5.92 Å². The minimum atomic E-state index is -0.771. The SMILES string of the molecule is CN(C)CCNc1ncc(Cc2cccc3[nH]ccc23)c(Nc2cc([C@@H]3C[C@H]3F)[nH]n2)n1. The molecule has 5 rings (SSSR count). The maximum absolute atomic E-state index is 13.4. The van der Waals surface area contributed by atoms with Crippen LogP contribution in [0.2, 0.25) is 0 Å². The number of aromatic nitrogens is 5. The van der Waals surface area contributed by atoms with Crippen LogP contribution in [0.4, 0.5) is 22.0 Å². The zero-order valence-corrected chi connectivity index (χ0v) is 18.2. The van der Waals surface area contributed by atoms with E-state index in [1.54, 1.807) is 0 Å². The summed E-state index contributed by atoms with van der Waals surface area (Å²) in [6.07, 6.45) is 4.25. The first-order valence-corrected chi connectivity index (χ1v) is 10.8. The molecule has 0 saturated heterocycles. The Bertz CT molecular complexity index is 1210. The van der Waals surface area contributed by atoms with Gasteiger partial charge >= 0.3 is 0 Å². The van der Waals surface area contributed by atoms with Crippen molar-refractivity contribution in [2.45, 2.75) is 24.9 Å². The van der Waals surface area contributed by atoms with E-state index in [9.17, 15) is 4.39 Å². The second-order valence-corrected chi connectivity index (χ2v) is 8.52. The highest BCUT2D eigenvalue weighted by molar-refractivity contribution is 5.83. The van der Waals surface area contributed by atoms with Gasteiger partial charge in [-0.25, -0.2) is 9.37 Å². The van der Waals surface area contributed by atoms with Gasteiger partial charge in [-0.1, -0.05) is 12.1 Å². The maximum atomic E-state index is 13.4. The van der Waals surface area contributed by atoms with Crippen LogP contribution in [0.15, 0.2) is 42.7 Å². The lowest BCUT2D eigenvalue weighted by Gasteiger charge is -2.14. The molecule has 0 amide bonds. The quantitative estimate of drug-likeness (QED) is 0.320. The van der Waals surface area contributed by atoms with Crippen LogP contribution in [0.25, 0.3) is 10.9 Å². The third-order valence-corrected chi connectivity index (χ3v) is 5.73. The highest BCUT2D eigenvalue weighted by Crippen LogP contribution is 2.43. The summed E-state index contributed by atoms with van der Waals surface area (Å²) in [6.45, 7) is 1.61. The average Bonchev–Trinajstić information content (AvgIpc) is 3.16. The largest absolute Gasteiger partial charge is 0.361 e. The van der Waals surface area contributed by atoms with Crippen molar-refractivity contribution in [3.63, 3.8) is 0 Å². The third-order valence-electron chi connectivity index (χ3n) is 5.73. The lowest BCUT2D eigenvalue weighted by Crippen LogP contribution is -2.21. The van der Waals surface area contributed by atoms with Crippen molar-refractivity contribution in [2.75, 3.05) is 37.8 Å². The molecular formula is C23H27FN8. The zero-order chi connectivity index (χ0) is 22.1. The van der Waals surface area contributed by atoms with E-state index in [0.29, 0.717) is 30.4 Å². The molecule has 1 saturated carbocycles. The molecule has 0 aliphatic heterocycles. The standard InChI is InChI=1S/C23H27FN8/c1-32(2)9-8-26-23-27-13-15(10-14-4-3-5-19-16(14)6-7-25-19)22(29-23)28-21-12-20(30-31-21)17-11-18(17)24/h3-7,12-13,17-18,25H,8-11H2,1-2H3,(H3,26,27,28,29,30,31)/t17-,18-/m1/s1. The first-order valence-electron chi connectivity index (χ1n) is 10.8. The molecule has 166 valence electrons. The van der Waals surface area contributed by atoms with Crippen LogP contribution >= 0.6 is 0 Å². The van der Waals surface area contributed by atoms with Crippen LogP contribution in [0.5, 0.6) is 0 Å². The second kappa shape index (κ2) is 8.58. The number of alkyl halides is 1. The monoisotopic (exact) mass is 434 g/mol. The fourth-order valence-electron chi connectivity index (χ4n) is 3.83. The number of fused-ring (bicyclic) bond motifs is 1. The van der Waals surface area contributed by atoms with Gasteiger partial charge in [0, 0.05) is 66.0 Å². The van der Waals surface area contributed by atoms with Crippen molar-refractivity contribution in [3.8, 4) is 0 Å². The Morgan fingerprint density at radius 2 is 2.09 bits per heavy atom. The van der Waals surface area contributed by atoms with Gasteiger partial charge in [0.25, 0.3) is 0 Å². The lowest BCUT2D eigenvalue weighted by molar-refractivity contribution is 0.425. The molecule has 1 aliphatic carbocycles. The fraction of sp³-hybridized carbons (Fsp3) is 0.348. The second-order valence-electron chi connectivity index (χ2n) is 8.52. The first kappa shape index (κ1) is 20.4. The molecule has 0 radical (unpaired) electrons. The number of likely N-dealkylation sites (N-methyl/N-ethyl adjacent to an activating group) is 1. The van der Waals surface area contributed by atoms with Crippen LogP contribution in [-0.2, 0) is 6.42 Å². The van der Waals surface area contributed by atoms with Crippen molar-refractivity contribution in [3.05, 3.63) is 59.5 Å². The molecule has 0 unspecified atom stereocenters. The summed E-state index contributed by atoms with van der Waals surface area (Å²) in [5, 5.41) is 15.0. The topological polar surface area (TPSA) is 97.6 Å². The third kappa shape index (κ3) is 4.43. The van der Waals surface area contributed by atoms with Gasteiger partial charge in [-0.3, -0.25) is 5.10 Å². The normalized spacial score (nSPS) is 17.8. The number of rotatable bonds is 9. The van der Waals surface area contributed by atoms with E-state index in [1.165, 1.54) is 10.9 Å². The minimum absolute atomic E-state index is 0.0719. The summed E-state index contributed by atoms with van der Waals surface area (Å²) >= 11 is 0. The molecule has 4 aromatic rings. The Morgan fingerprint density at radius 1 is 1.22 bits per heavy atom. The summed E-state index contributed by atoms with van der Waals surface area (Å²) < 4.78 is 13.4. The van der Waals surface area contributed by atoms with Crippen LogP contribution in [0.3, 0.4) is 0 Å².